The van der Waals surface area contributed by atoms with Crippen molar-refractivity contribution in [2.75, 3.05) is 13.2 Å². The third-order valence-electron chi connectivity index (χ3n) is 12.3. The number of aromatic nitrogens is 5. The molecule has 10 rings (SSSR count). The number of rotatable bonds is 15. The first-order valence-electron chi connectivity index (χ1n) is 27.9. The third-order valence-corrected chi connectivity index (χ3v) is 13.3. The van der Waals surface area contributed by atoms with Gasteiger partial charge in [0.05, 0.1) is 60.6 Å². The van der Waals surface area contributed by atoms with Gasteiger partial charge in [0.1, 0.15) is 73.2 Å². The summed E-state index contributed by atoms with van der Waals surface area (Å²) in [6.07, 6.45) is -5.17. The van der Waals surface area contributed by atoms with Crippen LogP contribution in [0.15, 0.2) is 60.7 Å². The van der Waals surface area contributed by atoms with Crippen molar-refractivity contribution in [1.82, 2.24) is 31.1 Å². The zero-order valence-corrected chi connectivity index (χ0v) is 67.8. The first-order valence-corrected chi connectivity index (χ1v) is 36.7. The van der Waals surface area contributed by atoms with Gasteiger partial charge in [0.25, 0.3) is 35.3 Å². The zero-order chi connectivity index (χ0) is 71.1. The van der Waals surface area contributed by atoms with Crippen LogP contribution < -0.4 is 77.4 Å². The third kappa shape index (κ3) is 41.1. The van der Waals surface area contributed by atoms with Gasteiger partial charge >= 0.3 is 88.5 Å². The number of nitro groups is 1. The Bertz CT molecular complexity index is 3190. The fourth-order valence-electron chi connectivity index (χ4n) is 8.32. The van der Waals surface area contributed by atoms with Crippen molar-refractivity contribution in [3.8, 4) is 23.0 Å². The standard InChI is InChI=1S/C14H17F2NO3.C12H14F2N2O2.C10H10ClF2NO.C9H7Cl2F2NO.C5H2Cl2N2O2.C4H6F2O.C4H7O2.CH3.2BrH.Mg.H3N.Na.Zn.H/c1-3-19-13(18)6-10-5-11(4-9(2)17-10)20-12-7-14(15,16)8-12;1-7-2-9(3-8(16-7)4-11(15)17)18-10-5-12(13,14)6-10;1-6-2-7(3-9(11)14-6)15-8-4-10(12,13)5-8;10-7-1-5(2-8(11)14-7)15-6-3-9(12,13)4-6;6-4-1-3(9(10)11)2-5(7)8-4;5-4(6)1-3(7)2-4;1-3-6-4(2)5;;;;;;;;/h4-5,12H,3,6-8H2,1-2H3;2-3,10H,4-6H2,1H3,(H2,15,17);2-3,8H,4-5H2,1H3;1-2,6H,3-4H2;1-2H;3,7H,1-2H2;2-3H2,1H3;1H3;2*1H;;1H3;;;/q;;;;;;2*-1;;;+2;;+1;+2;-1/p-2. The number of hydrogen-bond acceptors (Lipinski definition) is 18. The van der Waals surface area contributed by atoms with Crippen LogP contribution in [0.3, 0.4) is 0 Å². The molecule has 0 saturated heterocycles. The van der Waals surface area contributed by atoms with Gasteiger partial charge in [-0.05, 0) is 34.6 Å². The molecule has 0 bridgehead atoms. The first kappa shape index (κ1) is 99.8. The number of pyridine rings is 5. The molecule has 1 amide bonds. The summed E-state index contributed by atoms with van der Waals surface area (Å²) in [5.41, 5.74) is 7.98. The van der Waals surface area contributed by atoms with Crippen LogP contribution in [0.5, 0.6) is 23.0 Å². The quantitative estimate of drug-likeness (QED) is 0.0167. The number of aliphatic hydroxyl groups excluding tert-OH is 1. The Morgan fingerprint density at radius 2 is 0.838 bits per heavy atom. The predicted molar refractivity (Wildman–Crippen MR) is 344 cm³/mol. The molecule has 5 fully saturated rings. The maximum atomic E-state index is 12.8. The van der Waals surface area contributed by atoms with Crippen LogP contribution >= 0.6 is 71.6 Å². The van der Waals surface area contributed by atoms with Crippen LogP contribution in [-0.2, 0) is 53.0 Å². The molecule has 0 atom stereocenters. The monoisotopic (exact) mass is 1720 g/mol. The molecule has 0 aromatic carbocycles. The van der Waals surface area contributed by atoms with E-state index in [9.17, 15) is 68.4 Å². The van der Waals surface area contributed by atoms with Gasteiger partial charge in [0.15, 0.2) is 5.97 Å². The van der Waals surface area contributed by atoms with Crippen LogP contribution in [0.4, 0.5) is 49.6 Å². The molecule has 5 aromatic heterocycles. The molecule has 5 aliphatic carbocycles. The fraction of sp³-hybridized carbons (Fsp3) is 0.492. The van der Waals surface area contributed by atoms with Crippen LogP contribution in [0, 0.1) is 45.2 Å². The summed E-state index contributed by atoms with van der Waals surface area (Å²) in [6, 6.07) is 14.9. The number of nitrogens with zero attached hydrogens (tertiary/aromatic N) is 6. The van der Waals surface area contributed by atoms with E-state index in [1.807, 2.05) is 0 Å². The molecular weight excluding hydrogens is 1650 g/mol. The van der Waals surface area contributed by atoms with E-state index in [-0.39, 0.29) is 194 Å². The van der Waals surface area contributed by atoms with E-state index in [1.165, 1.54) is 34.5 Å². The molecule has 5 aliphatic rings. The second kappa shape index (κ2) is 46.5. The molecule has 6 N–H and O–H groups in total. The second-order valence-corrected chi connectivity index (χ2v) is 23.1. The van der Waals surface area contributed by atoms with Gasteiger partial charge in [-0.3, -0.25) is 41.4 Å². The van der Waals surface area contributed by atoms with Crippen LogP contribution in [-0.4, -0.2) is 149 Å². The number of hydrogen-bond donors (Lipinski definition) is 3. The number of esters is 2. The van der Waals surface area contributed by atoms with Crippen molar-refractivity contribution < 1.29 is 161 Å². The Morgan fingerprint density at radius 1 is 0.566 bits per heavy atom. The Balaban J connectivity index is -0.000000544. The van der Waals surface area contributed by atoms with E-state index in [4.69, 9.17) is 92.5 Å². The summed E-state index contributed by atoms with van der Waals surface area (Å²) < 4.78 is 155. The summed E-state index contributed by atoms with van der Waals surface area (Å²) in [5, 5.41) is 19.2. The van der Waals surface area contributed by atoms with Crippen molar-refractivity contribution in [2.24, 2.45) is 5.73 Å². The van der Waals surface area contributed by atoms with Gasteiger partial charge in [-0.1, -0.05) is 58.0 Å². The van der Waals surface area contributed by atoms with E-state index in [1.54, 1.807) is 65.0 Å². The van der Waals surface area contributed by atoms with Crippen molar-refractivity contribution in [2.45, 2.75) is 172 Å². The zero-order valence-electron chi connectivity index (χ0n) is 55.5. The number of ether oxygens (including phenoxy) is 6. The number of primary amides is 1. The van der Waals surface area contributed by atoms with Gasteiger partial charge in [-0.2, -0.15) is 0 Å². The number of amides is 1. The summed E-state index contributed by atoms with van der Waals surface area (Å²) in [7, 11) is 0. The Labute approximate surface area is 657 Å². The average molecular weight is 1720 g/mol. The summed E-state index contributed by atoms with van der Waals surface area (Å²) >= 11 is 32.0. The van der Waals surface area contributed by atoms with Gasteiger partial charge in [-0.15, -0.1) is 0 Å². The van der Waals surface area contributed by atoms with Gasteiger partial charge < -0.3 is 71.2 Å². The molecule has 40 heteroatoms. The van der Waals surface area contributed by atoms with E-state index in [2.05, 4.69) is 50.2 Å². The van der Waals surface area contributed by atoms with Gasteiger partial charge in [-0.25, -0.2) is 58.9 Å². The summed E-state index contributed by atoms with van der Waals surface area (Å²) in [5.74, 6) is -12.4. The van der Waals surface area contributed by atoms with E-state index in [0.717, 1.165) is 12.1 Å². The molecule has 0 unspecified atom stereocenters. The summed E-state index contributed by atoms with van der Waals surface area (Å²) in [6.45, 7) is 12.4. The van der Waals surface area contributed by atoms with E-state index >= 15 is 0 Å². The number of aliphatic hydroxyl groups is 1. The summed E-state index contributed by atoms with van der Waals surface area (Å²) in [4.78, 5) is 61.1. The molecule has 20 nitrogen and oxygen atoms in total. The number of aryl methyl sites for hydroxylation is 3. The Kier molecular flexibility index (Phi) is 46.9. The Morgan fingerprint density at radius 3 is 1.08 bits per heavy atom. The van der Waals surface area contributed by atoms with Crippen LogP contribution in [0.2, 0.25) is 25.8 Å². The SMILES string of the molecule is CCOC(=O)Cc1cc(OC2CC(F)(F)C2)cc(C)n1.Cc1cc(OC2CC(F)(F)C2)cc(CC(N)=O)n1.Cc1cc(OC2CC(F)(F)C2)cc(Cl)n1.FC1(F)CC(Oc2cc(Cl)nc(Cl)c2)C1.N.O=[N+]([O-])c1cc(Cl)nc(Cl)c1.OC1CC(F)(F)C1.[Br-].[CH2-]C(=O)OCC.[CH3-].[H-].[Mg+2].[Na+].[Zn+][Br]. The molecule has 5 saturated carbocycles. The molecule has 5 heterocycles. The van der Waals surface area contributed by atoms with Crippen LogP contribution in [0.1, 0.15) is 108 Å². The minimum atomic E-state index is -2.61. The molecule has 99 heavy (non-hydrogen) atoms. The van der Waals surface area contributed by atoms with Crippen molar-refractivity contribution >= 4 is 118 Å². The van der Waals surface area contributed by atoms with E-state index < -0.39 is 76.9 Å². The molecule has 542 valence electrons. The molecule has 5 aromatic rings. The normalized spacial score (nSPS) is 16.5. The number of carbonyl (C=O) groups is 3. The number of halogens is 17. The maximum absolute atomic E-state index is 12.8. The number of nitrogens with two attached hydrogens (primary N) is 1. The molecule has 0 spiro atoms. The Hall–Kier alpha value is -3.35. The number of carbonyl (C=O) groups excluding carboxylic acids is 3. The molecule has 0 radical (unpaired) electrons. The van der Waals surface area contributed by atoms with E-state index in [0.29, 0.717) is 69.8 Å². The average Bonchev–Trinajstić information content (AvgIpc) is 0.827. The molecular formula is C59H70Br2Cl5F10MgN8NaO12Zn. The topological polar surface area (TPSA) is 295 Å². The minimum absolute atomic E-state index is 0. The van der Waals surface area contributed by atoms with Crippen molar-refractivity contribution in [3.05, 3.63) is 139 Å². The number of alkyl halides is 10. The fourth-order valence-corrected chi connectivity index (χ4v) is 9.45. The molecule has 0 aliphatic heterocycles. The second-order valence-electron chi connectivity index (χ2n) is 21.2. The predicted octanol–water partition coefficient (Wildman–Crippen LogP) is 9.70. The first-order chi connectivity index (χ1) is 43.6. The van der Waals surface area contributed by atoms with Crippen LogP contribution in [0.25, 0.3) is 0 Å². The van der Waals surface area contributed by atoms with Gasteiger partial charge in [0, 0.05) is 130 Å². The van der Waals surface area contributed by atoms with Crippen molar-refractivity contribution in [3.63, 3.8) is 0 Å². The van der Waals surface area contributed by atoms with Crippen molar-refractivity contribution in [1.29, 1.82) is 0 Å². The van der Waals surface area contributed by atoms with Gasteiger partial charge in [0.2, 0.25) is 5.91 Å².